The van der Waals surface area contributed by atoms with Gasteiger partial charge >= 0.3 is 0 Å². The lowest BCUT2D eigenvalue weighted by Gasteiger charge is -2.23. The Morgan fingerprint density at radius 3 is 2.77 bits per heavy atom. The van der Waals surface area contributed by atoms with Crippen molar-refractivity contribution in [2.24, 2.45) is 0 Å². The van der Waals surface area contributed by atoms with Crippen molar-refractivity contribution in [1.82, 2.24) is 14.9 Å². The number of aryl methyl sites for hydroxylation is 2. The van der Waals surface area contributed by atoms with Gasteiger partial charge in [-0.25, -0.2) is 14.4 Å². The smallest absolute Gasteiger partial charge is 0.227 e. The van der Waals surface area contributed by atoms with Gasteiger partial charge in [0, 0.05) is 37.9 Å². The average Bonchev–Trinajstić information content (AvgIpc) is 2.87. The maximum absolute atomic E-state index is 13.3. The van der Waals surface area contributed by atoms with E-state index < -0.39 is 0 Å². The van der Waals surface area contributed by atoms with Crippen LogP contribution in [-0.4, -0.2) is 47.0 Å². The second-order valence-corrected chi connectivity index (χ2v) is 6.65. The zero-order chi connectivity index (χ0) is 18.5. The summed E-state index contributed by atoms with van der Waals surface area (Å²) in [7, 11) is 0. The molecule has 2 aromatic rings. The molecular weight excluding hydrogens is 331 g/mol. The number of amides is 1. The highest BCUT2D eigenvalue weighted by molar-refractivity contribution is 5.78. The number of nitrogens with zero attached hydrogens (tertiary/aromatic N) is 4. The summed E-state index contributed by atoms with van der Waals surface area (Å²) < 4.78 is 13.3. The normalized spacial score (nSPS) is 15.0. The average molecular weight is 356 g/mol. The molecule has 0 radical (unpaired) electrons. The van der Waals surface area contributed by atoms with Crippen LogP contribution in [0, 0.1) is 12.7 Å². The molecule has 0 aliphatic carbocycles. The molecule has 1 saturated heterocycles. The van der Waals surface area contributed by atoms with Gasteiger partial charge in [-0.15, -0.1) is 0 Å². The summed E-state index contributed by atoms with van der Waals surface area (Å²) in [5, 5.41) is 0. The van der Waals surface area contributed by atoms with Gasteiger partial charge in [0.2, 0.25) is 5.91 Å². The Bertz CT molecular complexity index is 780. The predicted octanol–water partition coefficient (Wildman–Crippen LogP) is 2.77. The number of benzene rings is 1. The van der Waals surface area contributed by atoms with E-state index in [1.54, 1.807) is 12.1 Å². The molecule has 3 rings (SSSR count). The fraction of sp³-hybridized carbons (Fsp3) is 0.450. The minimum atomic E-state index is -0.303. The largest absolute Gasteiger partial charge is 0.355 e. The fourth-order valence-electron chi connectivity index (χ4n) is 3.28. The summed E-state index contributed by atoms with van der Waals surface area (Å²) >= 11 is 0. The summed E-state index contributed by atoms with van der Waals surface area (Å²) in [4.78, 5) is 25.7. The zero-order valence-corrected chi connectivity index (χ0v) is 15.4. The van der Waals surface area contributed by atoms with Crippen molar-refractivity contribution < 1.29 is 9.18 Å². The number of hydrogen-bond acceptors (Lipinski definition) is 4. The van der Waals surface area contributed by atoms with Crippen LogP contribution >= 0.6 is 0 Å². The van der Waals surface area contributed by atoms with Crippen LogP contribution in [-0.2, 0) is 17.6 Å². The SMILES string of the molecule is CCc1cc(N2CCCN(C(=O)Cc3cccc(F)c3)CC2)nc(C)n1. The van der Waals surface area contributed by atoms with Crippen LogP contribution in [0.4, 0.5) is 10.2 Å². The molecule has 1 aliphatic heterocycles. The monoisotopic (exact) mass is 356 g/mol. The first-order valence-corrected chi connectivity index (χ1v) is 9.17. The molecule has 138 valence electrons. The van der Waals surface area contributed by atoms with Gasteiger partial charge in [0.25, 0.3) is 0 Å². The van der Waals surface area contributed by atoms with Crippen LogP contribution in [0.1, 0.15) is 30.4 Å². The lowest BCUT2D eigenvalue weighted by Crippen LogP contribution is -2.36. The molecule has 26 heavy (non-hydrogen) atoms. The lowest BCUT2D eigenvalue weighted by atomic mass is 10.1. The summed E-state index contributed by atoms with van der Waals surface area (Å²) in [5.41, 5.74) is 1.76. The number of carbonyl (C=O) groups excluding carboxylic acids is 1. The van der Waals surface area contributed by atoms with Crippen molar-refractivity contribution >= 4 is 11.7 Å². The summed E-state index contributed by atoms with van der Waals surface area (Å²) in [6, 6.07) is 8.30. The van der Waals surface area contributed by atoms with Crippen LogP contribution in [0.2, 0.25) is 0 Å². The summed E-state index contributed by atoms with van der Waals surface area (Å²) in [6.45, 7) is 6.97. The Kier molecular flexibility index (Phi) is 5.81. The molecule has 5 nitrogen and oxygen atoms in total. The third-order valence-corrected chi connectivity index (χ3v) is 4.66. The number of halogens is 1. The first-order chi connectivity index (χ1) is 12.5. The number of hydrogen-bond donors (Lipinski definition) is 0. The summed E-state index contributed by atoms with van der Waals surface area (Å²) in [6.07, 6.45) is 2.01. The molecule has 0 bridgehead atoms. The van der Waals surface area contributed by atoms with Crippen molar-refractivity contribution in [3.63, 3.8) is 0 Å². The maximum Gasteiger partial charge on any atom is 0.227 e. The second kappa shape index (κ2) is 8.25. The zero-order valence-electron chi connectivity index (χ0n) is 15.4. The highest BCUT2D eigenvalue weighted by atomic mass is 19.1. The van der Waals surface area contributed by atoms with Crippen molar-refractivity contribution in [3.05, 3.63) is 53.2 Å². The Morgan fingerprint density at radius 2 is 2.00 bits per heavy atom. The van der Waals surface area contributed by atoms with E-state index >= 15 is 0 Å². The van der Waals surface area contributed by atoms with E-state index in [0.717, 1.165) is 55.4 Å². The van der Waals surface area contributed by atoms with Crippen LogP contribution in [0.15, 0.2) is 30.3 Å². The van der Waals surface area contributed by atoms with Gasteiger partial charge in [-0.2, -0.15) is 0 Å². The van der Waals surface area contributed by atoms with Gasteiger partial charge in [-0.05, 0) is 37.5 Å². The van der Waals surface area contributed by atoms with E-state index in [-0.39, 0.29) is 18.1 Å². The first kappa shape index (κ1) is 18.3. The highest BCUT2D eigenvalue weighted by Gasteiger charge is 2.20. The van der Waals surface area contributed by atoms with Crippen molar-refractivity contribution in [1.29, 1.82) is 0 Å². The molecule has 0 spiro atoms. The Morgan fingerprint density at radius 1 is 1.15 bits per heavy atom. The minimum absolute atomic E-state index is 0.0468. The predicted molar refractivity (Wildman–Crippen MR) is 99.7 cm³/mol. The Balaban J connectivity index is 1.64. The van der Waals surface area contributed by atoms with E-state index in [1.807, 2.05) is 17.9 Å². The van der Waals surface area contributed by atoms with Crippen LogP contribution in [0.5, 0.6) is 0 Å². The topological polar surface area (TPSA) is 49.3 Å². The van der Waals surface area contributed by atoms with Crippen LogP contribution in [0.3, 0.4) is 0 Å². The third-order valence-electron chi connectivity index (χ3n) is 4.66. The second-order valence-electron chi connectivity index (χ2n) is 6.65. The number of anilines is 1. The minimum Gasteiger partial charge on any atom is -0.355 e. The molecule has 1 aromatic carbocycles. The molecule has 0 atom stereocenters. The van der Waals surface area contributed by atoms with Gasteiger partial charge in [-0.1, -0.05) is 19.1 Å². The van der Waals surface area contributed by atoms with Gasteiger partial charge in [0.15, 0.2) is 0 Å². The van der Waals surface area contributed by atoms with Crippen molar-refractivity contribution in [2.45, 2.75) is 33.1 Å². The van der Waals surface area contributed by atoms with Gasteiger partial charge < -0.3 is 9.80 Å². The Labute approximate surface area is 153 Å². The number of carbonyl (C=O) groups is 1. The van der Waals surface area contributed by atoms with E-state index in [9.17, 15) is 9.18 Å². The highest BCUT2D eigenvalue weighted by Crippen LogP contribution is 2.16. The van der Waals surface area contributed by atoms with Crippen LogP contribution < -0.4 is 4.90 Å². The van der Waals surface area contributed by atoms with Gasteiger partial charge in [0.05, 0.1) is 6.42 Å². The van der Waals surface area contributed by atoms with Crippen molar-refractivity contribution in [2.75, 3.05) is 31.1 Å². The Hall–Kier alpha value is -2.50. The van der Waals surface area contributed by atoms with E-state index in [4.69, 9.17) is 0 Å². The molecule has 2 heterocycles. The molecule has 1 fully saturated rings. The van der Waals surface area contributed by atoms with E-state index in [2.05, 4.69) is 21.8 Å². The molecule has 6 heteroatoms. The molecule has 1 aliphatic rings. The van der Waals surface area contributed by atoms with Crippen molar-refractivity contribution in [3.8, 4) is 0 Å². The molecule has 0 saturated carbocycles. The van der Waals surface area contributed by atoms with Gasteiger partial charge in [-0.3, -0.25) is 4.79 Å². The maximum atomic E-state index is 13.3. The fourth-order valence-corrected chi connectivity index (χ4v) is 3.28. The standard InChI is InChI=1S/C20H25FN4O/c1-3-18-14-19(23-15(2)22-18)24-8-5-9-25(11-10-24)20(26)13-16-6-4-7-17(21)12-16/h4,6-7,12,14H,3,5,8-11,13H2,1-2H3. The third kappa shape index (κ3) is 4.56. The molecule has 1 amide bonds. The van der Waals surface area contributed by atoms with E-state index in [1.165, 1.54) is 12.1 Å². The lowest BCUT2D eigenvalue weighted by molar-refractivity contribution is -0.130. The summed E-state index contributed by atoms with van der Waals surface area (Å²) in [5.74, 6) is 1.46. The molecule has 1 aromatic heterocycles. The quantitative estimate of drug-likeness (QED) is 0.845. The molecular formula is C20H25FN4O. The van der Waals surface area contributed by atoms with Gasteiger partial charge in [0.1, 0.15) is 17.5 Å². The first-order valence-electron chi connectivity index (χ1n) is 9.17. The number of rotatable bonds is 4. The van der Waals surface area contributed by atoms with Crippen LogP contribution in [0.25, 0.3) is 0 Å². The number of aromatic nitrogens is 2. The van der Waals surface area contributed by atoms with E-state index in [0.29, 0.717) is 6.54 Å². The molecule has 0 N–H and O–H groups in total. The molecule has 0 unspecified atom stereocenters.